The third-order valence-electron chi connectivity index (χ3n) is 2.12. The van der Waals surface area contributed by atoms with Crippen LogP contribution in [0.25, 0.3) is 6.08 Å². The molecule has 15 heavy (non-hydrogen) atoms. The van der Waals surface area contributed by atoms with Gasteiger partial charge in [-0.25, -0.2) is 0 Å². The van der Waals surface area contributed by atoms with Crippen LogP contribution < -0.4 is 0 Å². The Morgan fingerprint density at radius 2 is 1.67 bits per heavy atom. The summed E-state index contributed by atoms with van der Waals surface area (Å²) in [5.41, 5.74) is 1.04. The van der Waals surface area contributed by atoms with E-state index in [1.54, 1.807) is 6.08 Å². The fraction of sp³-hybridized carbons (Fsp3) is 0. The van der Waals surface area contributed by atoms with E-state index < -0.39 is 17.3 Å². The first-order valence-corrected chi connectivity index (χ1v) is 4.45. The third-order valence-corrected chi connectivity index (χ3v) is 2.12. The lowest BCUT2D eigenvalue weighted by molar-refractivity contribution is -0.132. The van der Waals surface area contributed by atoms with Crippen molar-refractivity contribution in [3.05, 3.63) is 53.3 Å². The summed E-state index contributed by atoms with van der Waals surface area (Å²) in [6, 6.07) is 9.15. The van der Waals surface area contributed by atoms with Gasteiger partial charge in [-0.05, 0) is 17.7 Å². The molecule has 1 aliphatic carbocycles. The molecule has 0 saturated heterocycles. The number of rotatable bonds is 1. The number of benzene rings is 1. The molecule has 0 radical (unpaired) electrons. The number of Topliss-reactive ketones (excluding diaryl/α,β-unsaturated/α-hetero) is 2. The maximum atomic E-state index is 11.3. The minimum absolute atomic E-state index is 0.226. The lowest BCUT2D eigenvalue weighted by Gasteiger charge is -1.93. The molecule has 0 saturated carbocycles. The van der Waals surface area contributed by atoms with Crippen LogP contribution >= 0.6 is 0 Å². The molecule has 0 spiro atoms. The predicted molar refractivity (Wildman–Crippen MR) is 55.1 cm³/mol. The van der Waals surface area contributed by atoms with Gasteiger partial charge in [-0.3, -0.25) is 9.59 Å². The van der Waals surface area contributed by atoms with Crippen molar-refractivity contribution in [2.24, 2.45) is 0 Å². The number of allylic oxidation sites excluding steroid dienone is 3. The molecule has 0 bridgehead atoms. The van der Waals surface area contributed by atoms with Crippen LogP contribution in [0.1, 0.15) is 5.56 Å². The van der Waals surface area contributed by atoms with Crippen LogP contribution in [0, 0.1) is 0 Å². The van der Waals surface area contributed by atoms with Crippen molar-refractivity contribution in [3.8, 4) is 0 Å². The Morgan fingerprint density at radius 1 is 1.00 bits per heavy atom. The van der Waals surface area contributed by atoms with Gasteiger partial charge in [0.15, 0.2) is 5.76 Å². The Kier molecular flexibility index (Phi) is 2.21. The smallest absolute Gasteiger partial charge is 0.267 e. The van der Waals surface area contributed by atoms with Crippen molar-refractivity contribution in [2.75, 3.05) is 0 Å². The van der Waals surface area contributed by atoms with Gasteiger partial charge in [0, 0.05) is 5.57 Å². The Hall–Kier alpha value is -2.16. The molecule has 0 unspecified atom stereocenters. The first-order valence-electron chi connectivity index (χ1n) is 4.45. The van der Waals surface area contributed by atoms with Crippen molar-refractivity contribution >= 4 is 17.6 Å². The zero-order chi connectivity index (χ0) is 10.8. The highest BCUT2D eigenvalue weighted by atomic mass is 16.3. The van der Waals surface area contributed by atoms with E-state index in [1.807, 2.05) is 30.3 Å². The number of carbonyl (C=O) groups excluding carboxylic acids is 2. The van der Waals surface area contributed by atoms with E-state index in [-0.39, 0.29) is 5.57 Å². The summed E-state index contributed by atoms with van der Waals surface area (Å²) in [4.78, 5) is 22.3. The van der Waals surface area contributed by atoms with Gasteiger partial charge in [0.2, 0.25) is 5.78 Å². The Labute approximate surface area is 86.4 Å². The van der Waals surface area contributed by atoms with Crippen molar-refractivity contribution in [3.63, 3.8) is 0 Å². The summed E-state index contributed by atoms with van der Waals surface area (Å²) in [5, 5.41) is 9.07. The summed E-state index contributed by atoms with van der Waals surface area (Å²) in [6.45, 7) is 0. The third kappa shape index (κ3) is 1.72. The number of hydrogen-bond acceptors (Lipinski definition) is 3. The molecule has 3 nitrogen and oxygen atoms in total. The van der Waals surface area contributed by atoms with E-state index in [0.29, 0.717) is 0 Å². The van der Waals surface area contributed by atoms with Crippen LogP contribution in [-0.4, -0.2) is 16.7 Å². The molecule has 1 N–H and O–H groups in total. The second-order valence-electron chi connectivity index (χ2n) is 3.20. The molecular formula is C12H8O3. The number of aliphatic hydroxyl groups is 1. The number of aliphatic hydroxyl groups excluding tert-OH is 1. The SMILES string of the molecule is O=C1C(=O)C(=Cc2ccccc2)C=C1O. The molecule has 0 aromatic heterocycles. The largest absolute Gasteiger partial charge is 0.504 e. The van der Waals surface area contributed by atoms with Gasteiger partial charge in [0.25, 0.3) is 5.78 Å². The van der Waals surface area contributed by atoms with Crippen LogP contribution in [0.2, 0.25) is 0 Å². The molecule has 1 aromatic carbocycles. The normalized spacial score (nSPS) is 18.4. The number of ketones is 2. The van der Waals surface area contributed by atoms with Gasteiger partial charge >= 0.3 is 0 Å². The minimum atomic E-state index is -0.836. The minimum Gasteiger partial charge on any atom is -0.504 e. The maximum absolute atomic E-state index is 11.3. The van der Waals surface area contributed by atoms with Gasteiger partial charge in [-0.15, -0.1) is 0 Å². The zero-order valence-electron chi connectivity index (χ0n) is 7.81. The van der Waals surface area contributed by atoms with Crippen molar-refractivity contribution in [1.29, 1.82) is 0 Å². The van der Waals surface area contributed by atoms with E-state index in [9.17, 15) is 9.59 Å². The Balaban J connectivity index is 2.38. The predicted octanol–water partition coefficient (Wildman–Crippen LogP) is 1.66. The fourth-order valence-corrected chi connectivity index (χ4v) is 1.36. The standard InChI is InChI=1S/C12H8O3/c13-10-7-9(11(14)12(10)15)6-8-4-2-1-3-5-8/h1-7,13H. The molecule has 0 amide bonds. The molecule has 0 aliphatic heterocycles. The zero-order valence-corrected chi connectivity index (χ0v) is 7.81. The van der Waals surface area contributed by atoms with Crippen LogP contribution in [0.5, 0.6) is 0 Å². The first kappa shape index (κ1) is 9.40. The van der Waals surface area contributed by atoms with Gasteiger partial charge < -0.3 is 5.11 Å². The molecule has 1 aromatic rings. The highest BCUT2D eigenvalue weighted by Crippen LogP contribution is 2.17. The molecule has 0 fully saturated rings. The summed E-state index contributed by atoms with van der Waals surface area (Å²) < 4.78 is 0. The van der Waals surface area contributed by atoms with Gasteiger partial charge in [0.05, 0.1) is 0 Å². The summed E-state index contributed by atoms with van der Waals surface area (Å²) in [6.07, 6.45) is 2.76. The lowest BCUT2D eigenvalue weighted by Crippen LogP contribution is -2.09. The molecule has 0 atom stereocenters. The van der Waals surface area contributed by atoms with Gasteiger partial charge in [-0.2, -0.15) is 0 Å². The highest BCUT2D eigenvalue weighted by molar-refractivity contribution is 6.52. The Bertz CT molecular complexity index is 481. The fourth-order valence-electron chi connectivity index (χ4n) is 1.36. The van der Waals surface area contributed by atoms with Crippen molar-refractivity contribution in [2.45, 2.75) is 0 Å². The average Bonchev–Trinajstić information content (AvgIpc) is 2.48. The van der Waals surface area contributed by atoms with E-state index in [2.05, 4.69) is 0 Å². The second-order valence-corrected chi connectivity index (χ2v) is 3.20. The first-order chi connectivity index (χ1) is 7.18. The molecular weight excluding hydrogens is 192 g/mol. The van der Waals surface area contributed by atoms with E-state index in [1.165, 1.54) is 6.08 Å². The van der Waals surface area contributed by atoms with Crippen molar-refractivity contribution in [1.82, 2.24) is 0 Å². The van der Waals surface area contributed by atoms with E-state index >= 15 is 0 Å². The summed E-state index contributed by atoms with van der Waals surface area (Å²) >= 11 is 0. The monoisotopic (exact) mass is 200 g/mol. The van der Waals surface area contributed by atoms with Crippen LogP contribution in [0.3, 0.4) is 0 Å². The second kappa shape index (κ2) is 3.53. The molecule has 3 heteroatoms. The maximum Gasteiger partial charge on any atom is 0.267 e. The molecule has 0 heterocycles. The van der Waals surface area contributed by atoms with Gasteiger partial charge in [0.1, 0.15) is 0 Å². The van der Waals surface area contributed by atoms with Crippen LogP contribution in [0.4, 0.5) is 0 Å². The molecule has 1 aliphatic rings. The topological polar surface area (TPSA) is 54.4 Å². The highest BCUT2D eigenvalue weighted by Gasteiger charge is 2.28. The van der Waals surface area contributed by atoms with Crippen LogP contribution in [-0.2, 0) is 9.59 Å². The molecule has 2 rings (SSSR count). The average molecular weight is 200 g/mol. The Morgan fingerprint density at radius 3 is 2.20 bits per heavy atom. The summed E-state index contributed by atoms with van der Waals surface area (Å²) in [7, 11) is 0. The number of hydrogen-bond donors (Lipinski definition) is 1. The number of carbonyl (C=O) groups is 2. The quantitative estimate of drug-likeness (QED) is 0.554. The van der Waals surface area contributed by atoms with E-state index in [0.717, 1.165) is 5.56 Å². The van der Waals surface area contributed by atoms with Gasteiger partial charge in [-0.1, -0.05) is 30.3 Å². The van der Waals surface area contributed by atoms with Crippen LogP contribution in [0.15, 0.2) is 47.7 Å². The van der Waals surface area contributed by atoms with Crippen molar-refractivity contribution < 1.29 is 14.7 Å². The molecule has 74 valence electrons. The summed E-state index contributed by atoms with van der Waals surface area (Å²) in [5.74, 6) is -1.98. The van der Waals surface area contributed by atoms with E-state index in [4.69, 9.17) is 5.11 Å². The lowest BCUT2D eigenvalue weighted by atomic mass is 10.1.